The predicted octanol–water partition coefficient (Wildman–Crippen LogP) is 2.24. The van der Waals surface area contributed by atoms with Crippen LogP contribution in [0.4, 0.5) is 15.0 Å². The maximum absolute atomic E-state index is 13.0. The standard InChI is InChI=1S/C14H15FN4O/c15-11-4-2-10(3-5-11)14(7-1-8-14)18-13(20)19-12(16)6-9-17-19/h2-6,9H,1,7-8,16H2,(H,18,20). The Balaban J connectivity index is 1.85. The van der Waals surface area contributed by atoms with Gasteiger partial charge in [-0.3, -0.25) is 0 Å². The molecule has 2 aromatic rings. The van der Waals surface area contributed by atoms with Gasteiger partial charge in [0.15, 0.2) is 0 Å². The molecule has 1 aliphatic rings. The summed E-state index contributed by atoms with van der Waals surface area (Å²) in [4.78, 5) is 12.2. The molecule has 1 aromatic heterocycles. The number of nitrogens with zero attached hydrogens (tertiary/aromatic N) is 2. The number of benzene rings is 1. The van der Waals surface area contributed by atoms with E-state index in [-0.39, 0.29) is 17.7 Å². The van der Waals surface area contributed by atoms with Crippen LogP contribution in [-0.4, -0.2) is 15.8 Å². The summed E-state index contributed by atoms with van der Waals surface area (Å²) < 4.78 is 14.1. The van der Waals surface area contributed by atoms with Gasteiger partial charge in [-0.1, -0.05) is 12.1 Å². The number of nitrogen functional groups attached to an aromatic ring is 1. The van der Waals surface area contributed by atoms with Crippen LogP contribution in [0.25, 0.3) is 0 Å². The van der Waals surface area contributed by atoms with Gasteiger partial charge in [0.1, 0.15) is 11.6 Å². The molecule has 0 bridgehead atoms. The normalized spacial score (nSPS) is 16.4. The van der Waals surface area contributed by atoms with Crippen molar-refractivity contribution in [3.8, 4) is 0 Å². The molecular weight excluding hydrogens is 259 g/mol. The maximum atomic E-state index is 13.0. The summed E-state index contributed by atoms with van der Waals surface area (Å²) in [6.45, 7) is 0. The van der Waals surface area contributed by atoms with Crippen molar-refractivity contribution in [2.24, 2.45) is 0 Å². The number of nitrogens with one attached hydrogen (secondary N) is 1. The number of halogens is 1. The highest BCUT2D eigenvalue weighted by Crippen LogP contribution is 2.41. The van der Waals surface area contributed by atoms with E-state index in [4.69, 9.17) is 5.73 Å². The van der Waals surface area contributed by atoms with E-state index in [1.165, 1.54) is 18.3 Å². The minimum atomic E-state index is -0.441. The summed E-state index contributed by atoms with van der Waals surface area (Å²) in [7, 11) is 0. The van der Waals surface area contributed by atoms with Gasteiger partial charge in [0, 0.05) is 6.07 Å². The van der Waals surface area contributed by atoms with Crippen molar-refractivity contribution in [1.82, 2.24) is 15.1 Å². The van der Waals surface area contributed by atoms with Gasteiger partial charge in [0.05, 0.1) is 11.7 Å². The molecule has 6 heteroatoms. The third-order valence-corrected chi connectivity index (χ3v) is 3.81. The van der Waals surface area contributed by atoms with Crippen LogP contribution in [0.15, 0.2) is 36.5 Å². The zero-order chi connectivity index (χ0) is 14.2. The Morgan fingerprint density at radius 1 is 1.30 bits per heavy atom. The van der Waals surface area contributed by atoms with Crippen LogP contribution in [0.3, 0.4) is 0 Å². The lowest BCUT2D eigenvalue weighted by Gasteiger charge is -2.42. The van der Waals surface area contributed by atoms with E-state index in [9.17, 15) is 9.18 Å². The van der Waals surface area contributed by atoms with Gasteiger partial charge in [-0.2, -0.15) is 9.78 Å². The molecule has 3 rings (SSSR count). The minimum Gasteiger partial charge on any atom is -0.383 e. The molecule has 5 nitrogen and oxygen atoms in total. The Kier molecular flexibility index (Phi) is 2.93. The van der Waals surface area contributed by atoms with Crippen LogP contribution in [0.1, 0.15) is 24.8 Å². The summed E-state index contributed by atoms with van der Waals surface area (Å²) >= 11 is 0. The molecular formula is C14H15FN4O. The Morgan fingerprint density at radius 2 is 2.00 bits per heavy atom. The topological polar surface area (TPSA) is 72.9 Å². The van der Waals surface area contributed by atoms with Crippen LogP contribution in [0.2, 0.25) is 0 Å². The molecule has 3 N–H and O–H groups in total. The van der Waals surface area contributed by atoms with Crippen molar-refractivity contribution in [1.29, 1.82) is 0 Å². The van der Waals surface area contributed by atoms with Gasteiger partial charge < -0.3 is 11.1 Å². The Labute approximate surface area is 115 Å². The Morgan fingerprint density at radius 3 is 2.50 bits per heavy atom. The van der Waals surface area contributed by atoms with Crippen molar-refractivity contribution in [3.05, 3.63) is 47.9 Å². The lowest BCUT2D eigenvalue weighted by Crippen LogP contribution is -2.52. The second-order valence-electron chi connectivity index (χ2n) is 5.04. The first kappa shape index (κ1) is 12.7. The molecule has 0 aliphatic heterocycles. The van der Waals surface area contributed by atoms with Crippen molar-refractivity contribution in [2.75, 3.05) is 5.73 Å². The highest BCUT2D eigenvalue weighted by Gasteiger charge is 2.40. The first-order valence-electron chi connectivity index (χ1n) is 6.49. The van der Waals surface area contributed by atoms with Gasteiger partial charge in [-0.15, -0.1) is 0 Å². The van der Waals surface area contributed by atoms with Crippen molar-refractivity contribution >= 4 is 11.8 Å². The fraction of sp³-hybridized carbons (Fsp3) is 0.286. The molecule has 20 heavy (non-hydrogen) atoms. The number of carbonyl (C=O) groups excluding carboxylic acids is 1. The number of rotatable bonds is 2. The molecule has 0 atom stereocenters. The highest BCUT2D eigenvalue weighted by atomic mass is 19.1. The summed E-state index contributed by atoms with van der Waals surface area (Å²) in [5.41, 5.74) is 6.13. The number of hydrogen-bond donors (Lipinski definition) is 2. The summed E-state index contributed by atoms with van der Waals surface area (Å²) in [5, 5.41) is 6.85. The SMILES string of the molecule is Nc1ccnn1C(=O)NC1(c2ccc(F)cc2)CCC1. The van der Waals surface area contributed by atoms with Crippen LogP contribution in [-0.2, 0) is 5.54 Å². The number of anilines is 1. The monoisotopic (exact) mass is 274 g/mol. The second-order valence-corrected chi connectivity index (χ2v) is 5.04. The van der Waals surface area contributed by atoms with Gasteiger partial charge in [-0.05, 0) is 37.0 Å². The third kappa shape index (κ3) is 2.03. The number of aromatic nitrogens is 2. The number of hydrogen-bond acceptors (Lipinski definition) is 3. The van der Waals surface area contributed by atoms with Gasteiger partial charge in [-0.25, -0.2) is 9.18 Å². The average molecular weight is 274 g/mol. The maximum Gasteiger partial charge on any atom is 0.344 e. The molecule has 0 unspecified atom stereocenters. The van der Waals surface area contributed by atoms with Crippen molar-refractivity contribution < 1.29 is 9.18 Å². The third-order valence-electron chi connectivity index (χ3n) is 3.81. The zero-order valence-corrected chi connectivity index (χ0v) is 10.8. The smallest absolute Gasteiger partial charge is 0.344 e. The number of amides is 1. The van der Waals surface area contributed by atoms with Crippen LogP contribution >= 0.6 is 0 Å². The quantitative estimate of drug-likeness (QED) is 0.882. The Hall–Kier alpha value is -2.37. The van der Waals surface area contributed by atoms with E-state index in [2.05, 4.69) is 10.4 Å². The van der Waals surface area contributed by atoms with Crippen LogP contribution in [0, 0.1) is 5.82 Å². The molecule has 104 valence electrons. The second kappa shape index (κ2) is 4.63. The molecule has 0 spiro atoms. The van der Waals surface area contributed by atoms with E-state index < -0.39 is 5.54 Å². The average Bonchev–Trinajstić information content (AvgIpc) is 2.81. The first-order valence-corrected chi connectivity index (χ1v) is 6.49. The lowest BCUT2D eigenvalue weighted by atomic mass is 9.72. The summed E-state index contributed by atoms with van der Waals surface area (Å²) in [5.74, 6) is 0.00181. The first-order chi connectivity index (χ1) is 9.61. The van der Waals surface area contributed by atoms with E-state index in [1.54, 1.807) is 18.2 Å². The number of carbonyl (C=O) groups is 1. The minimum absolute atomic E-state index is 0.286. The van der Waals surface area contributed by atoms with E-state index in [0.29, 0.717) is 0 Å². The zero-order valence-electron chi connectivity index (χ0n) is 10.8. The van der Waals surface area contributed by atoms with Gasteiger partial charge >= 0.3 is 6.03 Å². The molecule has 1 aromatic carbocycles. The van der Waals surface area contributed by atoms with Crippen LogP contribution in [0.5, 0.6) is 0 Å². The fourth-order valence-electron chi connectivity index (χ4n) is 2.53. The highest BCUT2D eigenvalue weighted by molar-refractivity contribution is 5.80. The molecule has 1 amide bonds. The molecule has 1 fully saturated rings. The van der Waals surface area contributed by atoms with E-state index >= 15 is 0 Å². The largest absolute Gasteiger partial charge is 0.383 e. The molecule has 0 saturated heterocycles. The van der Waals surface area contributed by atoms with Crippen LogP contribution < -0.4 is 11.1 Å². The van der Waals surface area contributed by atoms with Gasteiger partial charge in [0.25, 0.3) is 0 Å². The fourth-order valence-corrected chi connectivity index (χ4v) is 2.53. The van der Waals surface area contributed by atoms with Crippen molar-refractivity contribution in [2.45, 2.75) is 24.8 Å². The molecule has 1 saturated carbocycles. The summed E-state index contributed by atoms with van der Waals surface area (Å²) in [6, 6.07) is 7.43. The van der Waals surface area contributed by atoms with E-state index in [0.717, 1.165) is 29.5 Å². The summed E-state index contributed by atoms with van der Waals surface area (Å²) in [6.07, 6.45) is 4.14. The van der Waals surface area contributed by atoms with Gasteiger partial charge in [0.2, 0.25) is 0 Å². The molecule has 1 heterocycles. The predicted molar refractivity (Wildman–Crippen MR) is 72.5 cm³/mol. The molecule has 1 aliphatic carbocycles. The Bertz CT molecular complexity index is 631. The molecule has 0 radical (unpaired) electrons. The van der Waals surface area contributed by atoms with Crippen molar-refractivity contribution in [3.63, 3.8) is 0 Å². The number of nitrogens with two attached hydrogens (primary N) is 1. The van der Waals surface area contributed by atoms with E-state index in [1.807, 2.05) is 0 Å². The lowest BCUT2D eigenvalue weighted by molar-refractivity contribution is 0.176.